The zero-order chi connectivity index (χ0) is 25.4. The minimum absolute atomic E-state index is 0.110. The molecule has 0 atom stereocenters. The van der Waals surface area contributed by atoms with E-state index in [4.69, 9.17) is 44.3 Å². The predicted octanol–water partition coefficient (Wildman–Crippen LogP) is 5.35. The van der Waals surface area contributed by atoms with Gasteiger partial charge in [-0.05, 0) is 67.1 Å². The molecule has 2 amide bonds. The molecule has 0 aliphatic heterocycles. The maximum atomic E-state index is 12.4. The number of hydrazone groups is 1. The molecule has 0 spiro atoms. The number of halogens is 3. The number of esters is 1. The molecule has 11 heteroatoms. The van der Waals surface area contributed by atoms with E-state index in [0.717, 1.165) is 0 Å². The van der Waals surface area contributed by atoms with Crippen molar-refractivity contribution in [2.75, 3.05) is 11.9 Å². The molecule has 0 saturated heterocycles. The fraction of sp³-hybridized carbons (Fsp3) is 0.0833. The van der Waals surface area contributed by atoms with Crippen LogP contribution in [0.5, 0.6) is 11.5 Å². The number of carbonyl (C=O) groups is 3. The number of ether oxygens (including phenoxy) is 2. The molecule has 0 radical (unpaired) electrons. The zero-order valence-corrected chi connectivity index (χ0v) is 20.4. The Hall–Kier alpha value is -3.59. The van der Waals surface area contributed by atoms with Crippen LogP contribution in [0.15, 0.2) is 65.8 Å². The number of anilines is 1. The first-order valence-corrected chi connectivity index (χ1v) is 11.2. The highest BCUT2D eigenvalue weighted by Gasteiger charge is 2.16. The maximum Gasteiger partial charge on any atom is 0.343 e. The number of carbonyl (C=O) groups excluding carboxylic acids is 3. The van der Waals surface area contributed by atoms with Gasteiger partial charge in [0.25, 0.3) is 0 Å². The zero-order valence-electron chi connectivity index (χ0n) is 18.2. The van der Waals surface area contributed by atoms with Crippen molar-refractivity contribution < 1.29 is 23.9 Å². The van der Waals surface area contributed by atoms with Crippen molar-refractivity contribution in [3.63, 3.8) is 0 Å². The third-order valence-corrected chi connectivity index (χ3v) is 5.41. The van der Waals surface area contributed by atoms with E-state index in [-0.39, 0.29) is 21.5 Å². The van der Waals surface area contributed by atoms with Gasteiger partial charge in [0.05, 0.1) is 34.1 Å². The molecule has 0 heterocycles. The van der Waals surface area contributed by atoms with Gasteiger partial charge in [-0.15, -0.1) is 0 Å². The second kappa shape index (κ2) is 12.2. The number of nitrogens with zero attached hydrogens (tertiary/aromatic N) is 1. The Bertz CT molecular complexity index is 1280. The molecule has 3 aromatic rings. The minimum atomic E-state index is -1.02. The molecular formula is C24H18Cl3N3O5. The monoisotopic (exact) mass is 533 g/mol. The van der Waals surface area contributed by atoms with Crippen molar-refractivity contribution in [3.8, 4) is 11.5 Å². The normalized spacial score (nSPS) is 10.6. The second-order valence-corrected chi connectivity index (χ2v) is 8.01. The van der Waals surface area contributed by atoms with Gasteiger partial charge in [-0.1, -0.05) is 40.9 Å². The van der Waals surface area contributed by atoms with Crippen LogP contribution < -0.4 is 20.2 Å². The van der Waals surface area contributed by atoms with Gasteiger partial charge in [-0.2, -0.15) is 5.10 Å². The lowest BCUT2D eigenvalue weighted by Crippen LogP contribution is -2.32. The lowest BCUT2D eigenvalue weighted by atomic mass is 10.2. The van der Waals surface area contributed by atoms with Crippen LogP contribution in [0.2, 0.25) is 15.1 Å². The standard InChI is InChI=1S/C24H18Cl3N3O5/c1-2-34-20-12-14(6-11-19(20)35-24(33)15-7-9-16(25)10-8-15)13-28-30-23(32)22(31)29-18-5-3-4-17(26)21(18)27/h3-13H,2H2,1H3,(H,29,31)(H,30,32)/b28-13-. The van der Waals surface area contributed by atoms with Crippen LogP contribution in [0.1, 0.15) is 22.8 Å². The fourth-order valence-corrected chi connectivity index (χ4v) is 3.17. The van der Waals surface area contributed by atoms with Crippen LogP contribution in [0.3, 0.4) is 0 Å². The number of benzene rings is 3. The molecule has 3 rings (SSSR count). The van der Waals surface area contributed by atoms with Crippen molar-refractivity contribution >= 4 is 64.5 Å². The summed E-state index contributed by atoms with van der Waals surface area (Å²) in [6, 6.07) is 15.6. The average Bonchev–Trinajstić information content (AvgIpc) is 2.84. The van der Waals surface area contributed by atoms with E-state index in [1.54, 1.807) is 55.5 Å². The van der Waals surface area contributed by atoms with E-state index in [2.05, 4.69) is 15.8 Å². The molecule has 0 aliphatic rings. The summed E-state index contributed by atoms with van der Waals surface area (Å²) in [5, 5.41) is 6.96. The summed E-state index contributed by atoms with van der Waals surface area (Å²) in [5.41, 5.74) is 3.14. The molecule has 3 aromatic carbocycles. The van der Waals surface area contributed by atoms with Crippen molar-refractivity contribution in [3.05, 3.63) is 86.9 Å². The van der Waals surface area contributed by atoms with Crippen LogP contribution >= 0.6 is 34.8 Å². The summed E-state index contributed by atoms with van der Waals surface area (Å²) in [5.74, 6) is -2.09. The van der Waals surface area contributed by atoms with Gasteiger partial charge in [0.2, 0.25) is 0 Å². The van der Waals surface area contributed by atoms with Crippen LogP contribution in [0.25, 0.3) is 0 Å². The van der Waals surface area contributed by atoms with Crippen LogP contribution in [-0.2, 0) is 9.59 Å². The molecule has 8 nitrogen and oxygen atoms in total. The van der Waals surface area contributed by atoms with Crippen LogP contribution in [0, 0.1) is 0 Å². The Labute approximate surface area is 215 Å². The van der Waals surface area contributed by atoms with Gasteiger partial charge >= 0.3 is 17.8 Å². The van der Waals surface area contributed by atoms with Crippen molar-refractivity contribution in [1.82, 2.24) is 5.43 Å². The largest absolute Gasteiger partial charge is 0.490 e. The maximum absolute atomic E-state index is 12.4. The molecule has 0 aliphatic carbocycles. The average molecular weight is 535 g/mol. The van der Waals surface area contributed by atoms with Crippen LogP contribution in [0.4, 0.5) is 5.69 Å². The summed E-state index contributed by atoms with van der Waals surface area (Å²) >= 11 is 17.7. The van der Waals surface area contributed by atoms with E-state index < -0.39 is 17.8 Å². The van der Waals surface area contributed by atoms with Gasteiger partial charge in [0.15, 0.2) is 11.5 Å². The van der Waals surface area contributed by atoms with E-state index in [1.165, 1.54) is 18.3 Å². The van der Waals surface area contributed by atoms with Gasteiger partial charge in [0, 0.05) is 5.02 Å². The Morgan fingerprint density at radius 1 is 0.943 bits per heavy atom. The summed E-state index contributed by atoms with van der Waals surface area (Å²) < 4.78 is 11.0. The SMILES string of the molecule is CCOc1cc(/C=N\NC(=O)C(=O)Nc2cccc(Cl)c2Cl)ccc1OC(=O)c1ccc(Cl)cc1. The first-order chi connectivity index (χ1) is 16.8. The third kappa shape index (κ3) is 7.19. The highest BCUT2D eigenvalue weighted by molar-refractivity contribution is 6.45. The summed E-state index contributed by atoms with van der Waals surface area (Å²) in [4.78, 5) is 36.5. The molecule has 35 heavy (non-hydrogen) atoms. The van der Waals surface area contributed by atoms with E-state index in [1.807, 2.05) is 0 Å². The minimum Gasteiger partial charge on any atom is -0.490 e. The van der Waals surface area contributed by atoms with E-state index in [0.29, 0.717) is 28.5 Å². The van der Waals surface area contributed by atoms with Gasteiger partial charge in [-0.25, -0.2) is 10.2 Å². The molecule has 0 fully saturated rings. The van der Waals surface area contributed by atoms with Crippen molar-refractivity contribution in [1.29, 1.82) is 0 Å². The second-order valence-electron chi connectivity index (χ2n) is 6.79. The van der Waals surface area contributed by atoms with Crippen LogP contribution in [-0.4, -0.2) is 30.6 Å². The number of hydrogen-bond donors (Lipinski definition) is 2. The molecule has 180 valence electrons. The molecule has 0 aromatic heterocycles. The molecule has 0 saturated carbocycles. The number of rotatable bonds is 7. The lowest BCUT2D eigenvalue weighted by molar-refractivity contribution is -0.136. The molecular weight excluding hydrogens is 517 g/mol. The quantitative estimate of drug-likeness (QED) is 0.140. The topological polar surface area (TPSA) is 106 Å². The summed E-state index contributed by atoms with van der Waals surface area (Å²) in [6.07, 6.45) is 1.30. The molecule has 2 N–H and O–H groups in total. The molecule has 0 bridgehead atoms. The van der Waals surface area contributed by atoms with Crippen molar-refractivity contribution in [2.45, 2.75) is 6.92 Å². The van der Waals surface area contributed by atoms with Gasteiger partial charge in [0.1, 0.15) is 0 Å². The Morgan fingerprint density at radius 2 is 1.69 bits per heavy atom. The Balaban J connectivity index is 1.64. The first kappa shape index (κ1) is 26.0. The van der Waals surface area contributed by atoms with Crippen molar-refractivity contribution in [2.24, 2.45) is 5.10 Å². The predicted molar refractivity (Wildman–Crippen MR) is 135 cm³/mol. The van der Waals surface area contributed by atoms with E-state index >= 15 is 0 Å². The highest BCUT2D eigenvalue weighted by Crippen LogP contribution is 2.30. The summed E-state index contributed by atoms with van der Waals surface area (Å²) in [7, 11) is 0. The summed E-state index contributed by atoms with van der Waals surface area (Å²) in [6.45, 7) is 2.09. The number of amides is 2. The Kier molecular flexibility index (Phi) is 9.08. The smallest absolute Gasteiger partial charge is 0.343 e. The van der Waals surface area contributed by atoms with Gasteiger partial charge in [-0.3, -0.25) is 9.59 Å². The first-order valence-electron chi connectivity index (χ1n) is 10.1. The lowest BCUT2D eigenvalue weighted by Gasteiger charge is -2.11. The number of nitrogens with one attached hydrogen (secondary N) is 2. The Morgan fingerprint density at radius 3 is 2.40 bits per heavy atom. The highest BCUT2D eigenvalue weighted by atomic mass is 35.5. The van der Waals surface area contributed by atoms with Gasteiger partial charge < -0.3 is 14.8 Å². The fourth-order valence-electron chi connectivity index (χ4n) is 2.70. The molecule has 0 unspecified atom stereocenters. The van der Waals surface area contributed by atoms with E-state index in [9.17, 15) is 14.4 Å². The number of hydrogen-bond acceptors (Lipinski definition) is 6. The third-order valence-electron chi connectivity index (χ3n) is 4.34.